The summed E-state index contributed by atoms with van der Waals surface area (Å²) in [6.45, 7) is 5.95. The van der Waals surface area contributed by atoms with Crippen molar-refractivity contribution in [2.24, 2.45) is 5.41 Å². The molecule has 1 N–H and O–H groups in total. The zero-order valence-electron chi connectivity index (χ0n) is 21.6. The summed E-state index contributed by atoms with van der Waals surface area (Å²) in [5.41, 5.74) is 0.406. The van der Waals surface area contributed by atoms with Gasteiger partial charge in [-0.15, -0.1) is 0 Å². The van der Waals surface area contributed by atoms with Gasteiger partial charge in [0.25, 0.3) is 11.5 Å². The number of hydrogen-bond donors (Lipinski definition) is 1. The first-order valence-corrected chi connectivity index (χ1v) is 12.9. The lowest BCUT2D eigenvalue weighted by Gasteiger charge is -2.45. The minimum Gasteiger partial charge on any atom is -0.491 e. The first-order valence-electron chi connectivity index (χ1n) is 12.5. The number of nitrogens with one attached hydrogen (secondary N) is 1. The summed E-state index contributed by atoms with van der Waals surface area (Å²) in [5, 5.41) is 11.9. The smallest absolute Gasteiger partial charge is 0.265 e. The first kappa shape index (κ1) is 26.4. The molecule has 3 aromatic heterocycles. The second-order valence-electron chi connectivity index (χ2n) is 10.2. The van der Waals surface area contributed by atoms with E-state index in [0.717, 1.165) is 5.56 Å². The molecule has 0 atom stereocenters. The molecule has 1 aliphatic rings. The molecule has 0 spiro atoms. The van der Waals surface area contributed by atoms with Gasteiger partial charge < -0.3 is 15.0 Å². The van der Waals surface area contributed by atoms with Gasteiger partial charge in [0, 0.05) is 30.9 Å². The Labute approximate surface area is 229 Å². The lowest BCUT2D eigenvalue weighted by atomic mass is 9.84. The second kappa shape index (κ2) is 10.9. The van der Waals surface area contributed by atoms with Crippen LogP contribution in [0.5, 0.6) is 5.75 Å². The maximum Gasteiger partial charge on any atom is 0.265 e. The Hall–Kier alpha value is -4.25. The third-order valence-electron chi connectivity index (χ3n) is 6.46. The topological polar surface area (TPSA) is 124 Å². The average molecular weight is 550 g/mol. The maximum atomic E-state index is 13.6. The molecule has 4 aromatic rings. The van der Waals surface area contributed by atoms with E-state index in [-0.39, 0.29) is 42.2 Å². The van der Waals surface area contributed by atoms with Gasteiger partial charge in [0.15, 0.2) is 0 Å². The Morgan fingerprint density at radius 1 is 1.08 bits per heavy atom. The molecule has 1 aromatic carbocycles. The van der Waals surface area contributed by atoms with Crippen LogP contribution in [0.25, 0.3) is 11.0 Å². The van der Waals surface area contributed by atoms with Crippen LogP contribution in [0.2, 0.25) is 5.02 Å². The van der Waals surface area contributed by atoms with Gasteiger partial charge in [0.2, 0.25) is 5.91 Å². The number of carbonyl (C=O) groups excluding carboxylic acids is 2. The molecular formula is C27H28ClN7O4. The summed E-state index contributed by atoms with van der Waals surface area (Å²) in [6.07, 6.45) is 4.66. The quantitative estimate of drug-likeness (QED) is 0.340. The summed E-state index contributed by atoms with van der Waals surface area (Å²) in [5.74, 6) is -0.363. The monoisotopic (exact) mass is 549 g/mol. The largest absolute Gasteiger partial charge is 0.491 e. The van der Waals surface area contributed by atoms with Crippen molar-refractivity contribution in [1.29, 1.82) is 0 Å². The highest BCUT2D eigenvalue weighted by Gasteiger charge is 2.37. The van der Waals surface area contributed by atoms with E-state index >= 15 is 0 Å². The molecule has 5 rings (SSSR count). The maximum absolute atomic E-state index is 13.6. The molecule has 0 unspecified atom stereocenters. The lowest BCUT2D eigenvalue weighted by Crippen LogP contribution is -2.56. The minimum absolute atomic E-state index is 0.0365. The SMILES string of the molecule is CC1(C)CN(C(=O)Cn2c(=O)c(C(=O)NCc3ccc(Cl)cc3)cc3c(OCCn4nccn4)ccnc32)C1. The number of ether oxygens (including phenoxy) is 1. The number of carbonyl (C=O) groups is 2. The first-order chi connectivity index (χ1) is 18.7. The van der Waals surface area contributed by atoms with Crippen molar-refractivity contribution in [3.05, 3.63) is 81.5 Å². The van der Waals surface area contributed by atoms with Gasteiger partial charge in [-0.2, -0.15) is 15.0 Å². The number of aromatic nitrogens is 5. The van der Waals surface area contributed by atoms with Crippen molar-refractivity contribution in [2.45, 2.75) is 33.5 Å². The van der Waals surface area contributed by atoms with E-state index in [4.69, 9.17) is 16.3 Å². The summed E-state index contributed by atoms with van der Waals surface area (Å²) < 4.78 is 7.23. The molecule has 1 fully saturated rings. The van der Waals surface area contributed by atoms with Crippen LogP contribution in [0.4, 0.5) is 0 Å². The van der Waals surface area contributed by atoms with E-state index in [0.29, 0.717) is 35.8 Å². The molecule has 0 bridgehead atoms. The zero-order chi connectivity index (χ0) is 27.6. The summed E-state index contributed by atoms with van der Waals surface area (Å²) in [7, 11) is 0. The number of pyridine rings is 2. The third-order valence-corrected chi connectivity index (χ3v) is 6.71. The van der Waals surface area contributed by atoms with Crippen LogP contribution in [0.3, 0.4) is 0 Å². The molecule has 4 heterocycles. The predicted octanol–water partition coefficient (Wildman–Crippen LogP) is 2.52. The number of benzene rings is 1. The van der Waals surface area contributed by atoms with Crippen molar-refractivity contribution >= 4 is 34.4 Å². The zero-order valence-corrected chi connectivity index (χ0v) is 22.4. The van der Waals surface area contributed by atoms with Gasteiger partial charge in [-0.1, -0.05) is 37.6 Å². The Morgan fingerprint density at radius 2 is 1.79 bits per heavy atom. The normalized spacial score (nSPS) is 14.2. The Balaban J connectivity index is 1.46. The fraction of sp³-hybridized carbons (Fsp3) is 0.333. The number of fused-ring (bicyclic) bond motifs is 1. The fourth-order valence-electron chi connectivity index (χ4n) is 4.55. The molecule has 39 heavy (non-hydrogen) atoms. The average Bonchev–Trinajstić information content (AvgIpc) is 3.42. The number of rotatable bonds is 9. The van der Waals surface area contributed by atoms with Gasteiger partial charge >= 0.3 is 0 Å². The number of likely N-dealkylation sites (tertiary alicyclic amines) is 1. The highest BCUT2D eigenvalue weighted by atomic mass is 35.5. The van der Waals surface area contributed by atoms with Crippen LogP contribution < -0.4 is 15.6 Å². The summed E-state index contributed by atoms with van der Waals surface area (Å²) >= 11 is 5.95. The molecule has 12 heteroatoms. The Bertz CT molecular complexity index is 1560. The van der Waals surface area contributed by atoms with E-state index in [1.807, 2.05) is 0 Å². The van der Waals surface area contributed by atoms with Gasteiger partial charge in [0.1, 0.15) is 30.1 Å². The number of hydrogen-bond acceptors (Lipinski definition) is 7. The minimum atomic E-state index is -0.602. The summed E-state index contributed by atoms with van der Waals surface area (Å²) in [6, 6.07) is 10.2. The number of halogens is 1. The fourth-order valence-corrected chi connectivity index (χ4v) is 4.68. The molecule has 202 valence electrons. The van der Waals surface area contributed by atoms with Crippen LogP contribution in [0, 0.1) is 5.41 Å². The standard InChI is InChI=1S/C27H28ClN7O4/c1-27(2)16-33(17-27)23(36)15-34-24-20(22(7-8-29-24)39-12-11-35-31-9-10-32-35)13-21(26(34)38)25(37)30-14-18-3-5-19(28)6-4-18/h3-10,13H,11-12,14-17H2,1-2H3,(H,30,37). The van der Waals surface area contributed by atoms with Crippen molar-refractivity contribution in [3.63, 3.8) is 0 Å². The van der Waals surface area contributed by atoms with Crippen LogP contribution in [0.1, 0.15) is 29.8 Å². The number of nitrogens with zero attached hydrogens (tertiary/aromatic N) is 6. The third kappa shape index (κ3) is 5.93. The molecule has 0 radical (unpaired) electrons. The predicted molar refractivity (Wildman–Crippen MR) is 145 cm³/mol. The molecule has 1 aliphatic heterocycles. The van der Waals surface area contributed by atoms with Crippen molar-refractivity contribution in [3.8, 4) is 5.75 Å². The van der Waals surface area contributed by atoms with Gasteiger partial charge in [0.05, 0.1) is 24.3 Å². The van der Waals surface area contributed by atoms with E-state index in [1.54, 1.807) is 47.6 Å². The Kier molecular flexibility index (Phi) is 7.34. The van der Waals surface area contributed by atoms with E-state index in [9.17, 15) is 14.4 Å². The van der Waals surface area contributed by atoms with E-state index < -0.39 is 11.5 Å². The van der Waals surface area contributed by atoms with Gasteiger partial charge in [-0.05, 0) is 35.2 Å². The highest BCUT2D eigenvalue weighted by molar-refractivity contribution is 6.30. The lowest BCUT2D eigenvalue weighted by molar-refractivity contribution is -0.142. The van der Waals surface area contributed by atoms with Crippen LogP contribution in [-0.4, -0.2) is 61.0 Å². The second-order valence-corrected chi connectivity index (χ2v) is 10.6. The van der Waals surface area contributed by atoms with Crippen molar-refractivity contribution < 1.29 is 14.3 Å². The van der Waals surface area contributed by atoms with Crippen LogP contribution in [0.15, 0.2) is 59.8 Å². The summed E-state index contributed by atoms with van der Waals surface area (Å²) in [4.78, 5) is 47.4. The van der Waals surface area contributed by atoms with Gasteiger partial charge in [-0.25, -0.2) is 4.98 Å². The van der Waals surface area contributed by atoms with Gasteiger partial charge in [-0.3, -0.25) is 19.0 Å². The molecule has 0 aliphatic carbocycles. The molecule has 0 saturated carbocycles. The Morgan fingerprint density at radius 3 is 2.49 bits per heavy atom. The van der Waals surface area contributed by atoms with Crippen LogP contribution >= 0.6 is 11.6 Å². The van der Waals surface area contributed by atoms with Crippen molar-refractivity contribution in [2.75, 3.05) is 19.7 Å². The van der Waals surface area contributed by atoms with E-state index in [1.165, 1.54) is 21.6 Å². The van der Waals surface area contributed by atoms with E-state index in [2.05, 4.69) is 34.3 Å². The molecular weight excluding hydrogens is 522 g/mol. The molecule has 11 nitrogen and oxygen atoms in total. The highest BCUT2D eigenvalue weighted by Crippen LogP contribution is 2.29. The molecule has 2 amide bonds. The van der Waals surface area contributed by atoms with Crippen molar-refractivity contribution in [1.82, 2.24) is 34.8 Å². The number of amides is 2. The molecule has 1 saturated heterocycles. The van der Waals surface area contributed by atoms with Crippen LogP contribution in [-0.2, 0) is 24.4 Å².